The van der Waals surface area contributed by atoms with Crippen LogP contribution >= 0.6 is 11.8 Å². The van der Waals surface area contributed by atoms with Crippen LogP contribution in [0, 0.1) is 13.8 Å². The zero-order chi connectivity index (χ0) is 13.8. The minimum atomic E-state index is -0.950. The van der Waals surface area contributed by atoms with E-state index in [0.29, 0.717) is 11.5 Å². The van der Waals surface area contributed by atoms with Crippen molar-refractivity contribution in [3.05, 3.63) is 58.5 Å². The summed E-state index contributed by atoms with van der Waals surface area (Å²) in [7, 11) is 0. The van der Waals surface area contributed by atoms with Crippen LogP contribution in [0.5, 0.6) is 0 Å². The van der Waals surface area contributed by atoms with E-state index in [1.807, 2.05) is 0 Å². The highest BCUT2D eigenvalue weighted by atomic mass is 32.2. The Hall–Kier alpha value is -1.68. The Morgan fingerprint density at radius 3 is 2.42 bits per heavy atom. The molecule has 2 rings (SSSR count). The number of furan rings is 1. The highest BCUT2D eigenvalue weighted by Gasteiger charge is 2.08. The summed E-state index contributed by atoms with van der Waals surface area (Å²) in [6.07, 6.45) is 1.29. The first-order chi connectivity index (χ1) is 9.04. The van der Waals surface area contributed by atoms with E-state index in [-0.39, 0.29) is 5.56 Å². The van der Waals surface area contributed by atoms with Crippen LogP contribution in [0.1, 0.15) is 32.8 Å². The number of hydrogen-bond acceptors (Lipinski definition) is 3. The molecule has 4 heteroatoms. The van der Waals surface area contributed by atoms with Crippen LogP contribution in [0.15, 0.2) is 34.9 Å². The number of benzene rings is 1. The summed E-state index contributed by atoms with van der Waals surface area (Å²) in [4.78, 5) is 10.7. The monoisotopic (exact) mass is 276 g/mol. The number of thioether (sulfide) groups is 1. The molecule has 0 bridgehead atoms. The molecule has 1 N–H and O–H groups in total. The maximum absolute atomic E-state index is 10.7. The van der Waals surface area contributed by atoms with Crippen LogP contribution < -0.4 is 0 Å². The van der Waals surface area contributed by atoms with E-state index >= 15 is 0 Å². The van der Waals surface area contributed by atoms with Crippen LogP contribution in [0.2, 0.25) is 0 Å². The molecule has 3 nitrogen and oxygen atoms in total. The average Bonchev–Trinajstić information content (AvgIpc) is 2.76. The summed E-state index contributed by atoms with van der Waals surface area (Å²) in [5.41, 5.74) is 4.03. The quantitative estimate of drug-likeness (QED) is 0.895. The van der Waals surface area contributed by atoms with Gasteiger partial charge in [-0.15, -0.1) is 11.8 Å². The lowest BCUT2D eigenvalue weighted by Gasteiger charge is -2.04. The van der Waals surface area contributed by atoms with Crippen molar-refractivity contribution < 1.29 is 14.3 Å². The van der Waals surface area contributed by atoms with Crippen LogP contribution in [0.4, 0.5) is 0 Å². The van der Waals surface area contributed by atoms with Gasteiger partial charge >= 0.3 is 5.97 Å². The van der Waals surface area contributed by atoms with Crippen molar-refractivity contribution in [1.29, 1.82) is 0 Å². The molecule has 0 saturated heterocycles. The number of rotatable bonds is 5. The number of aromatic carboxylic acids is 1. The normalized spacial score (nSPS) is 10.6. The van der Waals surface area contributed by atoms with Gasteiger partial charge in [0.2, 0.25) is 0 Å². The van der Waals surface area contributed by atoms with Crippen molar-refractivity contribution in [1.82, 2.24) is 0 Å². The molecule has 0 amide bonds. The maximum Gasteiger partial charge on any atom is 0.338 e. The lowest BCUT2D eigenvalue weighted by atomic mass is 10.1. The summed E-state index contributed by atoms with van der Waals surface area (Å²) >= 11 is 1.72. The zero-order valence-electron chi connectivity index (χ0n) is 11.0. The van der Waals surface area contributed by atoms with Crippen LogP contribution in [-0.2, 0) is 11.5 Å². The van der Waals surface area contributed by atoms with Gasteiger partial charge in [0.05, 0.1) is 11.3 Å². The third kappa shape index (κ3) is 3.89. The number of carbonyl (C=O) groups is 1. The fourth-order valence-electron chi connectivity index (χ4n) is 1.99. The number of aryl methyl sites for hydroxylation is 2. The Morgan fingerprint density at radius 1 is 1.16 bits per heavy atom. The van der Waals surface area contributed by atoms with E-state index in [1.54, 1.807) is 17.8 Å². The molecule has 0 unspecified atom stereocenters. The van der Waals surface area contributed by atoms with Crippen molar-refractivity contribution in [3.8, 4) is 0 Å². The fraction of sp³-hybridized carbons (Fsp3) is 0.267. The van der Waals surface area contributed by atoms with Gasteiger partial charge in [-0.1, -0.05) is 29.3 Å². The summed E-state index contributed by atoms with van der Waals surface area (Å²) in [6.45, 7) is 4.18. The predicted octanol–water partition coefficient (Wildman–Crippen LogP) is 4.03. The Labute approximate surface area is 116 Å². The summed E-state index contributed by atoms with van der Waals surface area (Å²) in [5, 5.41) is 8.80. The molecule has 0 aliphatic heterocycles. The van der Waals surface area contributed by atoms with Gasteiger partial charge in [0, 0.05) is 5.75 Å². The SMILES string of the molecule is Cc1cc(C)cc(CSCc2cc(C(=O)O)co2)c1. The molecule has 0 radical (unpaired) electrons. The summed E-state index contributed by atoms with van der Waals surface area (Å²) in [6, 6.07) is 8.08. The van der Waals surface area contributed by atoms with Gasteiger partial charge in [-0.25, -0.2) is 4.79 Å². The fourth-order valence-corrected chi connectivity index (χ4v) is 2.85. The Balaban J connectivity index is 1.90. The van der Waals surface area contributed by atoms with Gasteiger partial charge in [0.1, 0.15) is 12.0 Å². The van der Waals surface area contributed by atoms with Gasteiger partial charge in [0.25, 0.3) is 0 Å². The molecule has 1 aromatic heterocycles. The standard InChI is InChI=1S/C15H16O3S/c1-10-3-11(2)5-12(4-10)8-19-9-14-6-13(7-18-14)15(16)17/h3-7H,8-9H2,1-2H3,(H,16,17). The van der Waals surface area contributed by atoms with Gasteiger partial charge in [-0.3, -0.25) is 0 Å². The molecule has 0 fully saturated rings. The minimum absolute atomic E-state index is 0.210. The number of hydrogen-bond donors (Lipinski definition) is 1. The molecule has 100 valence electrons. The molecule has 0 aliphatic carbocycles. The smallest absolute Gasteiger partial charge is 0.338 e. The van der Waals surface area contributed by atoms with Crippen LogP contribution in [0.3, 0.4) is 0 Å². The topological polar surface area (TPSA) is 50.4 Å². The second-order valence-electron chi connectivity index (χ2n) is 4.60. The molecular formula is C15H16O3S. The molecule has 1 heterocycles. The summed E-state index contributed by atoms with van der Waals surface area (Å²) < 4.78 is 5.21. The van der Waals surface area contributed by atoms with Gasteiger partial charge in [-0.2, -0.15) is 0 Å². The second kappa shape index (κ2) is 5.97. The van der Waals surface area contributed by atoms with Gasteiger partial charge < -0.3 is 9.52 Å². The van der Waals surface area contributed by atoms with Crippen molar-refractivity contribution in [2.75, 3.05) is 0 Å². The first-order valence-corrected chi connectivity index (χ1v) is 7.15. The molecule has 19 heavy (non-hydrogen) atoms. The maximum atomic E-state index is 10.7. The third-order valence-electron chi connectivity index (χ3n) is 2.70. The predicted molar refractivity (Wildman–Crippen MR) is 76.6 cm³/mol. The van der Waals surface area contributed by atoms with Crippen LogP contribution in [-0.4, -0.2) is 11.1 Å². The third-order valence-corrected chi connectivity index (χ3v) is 3.72. The first-order valence-electron chi connectivity index (χ1n) is 6.00. The Morgan fingerprint density at radius 2 is 1.84 bits per heavy atom. The van der Waals surface area contributed by atoms with Crippen molar-refractivity contribution >= 4 is 17.7 Å². The Bertz CT molecular complexity index is 567. The highest BCUT2D eigenvalue weighted by Crippen LogP contribution is 2.21. The lowest BCUT2D eigenvalue weighted by molar-refractivity contribution is 0.0696. The number of carboxylic acids is 1. The van der Waals surface area contributed by atoms with Crippen molar-refractivity contribution in [3.63, 3.8) is 0 Å². The largest absolute Gasteiger partial charge is 0.478 e. The van der Waals surface area contributed by atoms with Gasteiger partial charge in [0.15, 0.2) is 0 Å². The number of carboxylic acid groups (broad SMARTS) is 1. The molecule has 0 aliphatic rings. The van der Waals surface area contributed by atoms with Crippen LogP contribution in [0.25, 0.3) is 0 Å². The average molecular weight is 276 g/mol. The molecule has 1 aromatic carbocycles. The van der Waals surface area contributed by atoms with Crippen molar-refractivity contribution in [2.45, 2.75) is 25.4 Å². The zero-order valence-corrected chi connectivity index (χ0v) is 11.8. The van der Waals surface area contributed by atoms with E-state index in [4.69, 9.17) is 9.52 Å². The van der Waals surface area contributed by atoms with E-state index in [1.165, 1.54) is 23.0 Å². The Kier molecular flexibility index (Phi) is 4.32. The van der Waals surface area contributed by atoms with E-state index in [9.17, 15) is 4.79 Å². The van der Waals surface area contributed by atoms with Gasteiger partial charge in [-0.05, 0) is 25.5 Å². The molecular weight excluding hydrogens is 260 g/mol. The first kappa shape index (κ1) is 13.7. The lowest BCUT2D eigenvalue weighted by Crippen LogP contribution is -1.91. The van der Waals surface area contributed by atoms with Crippen molar-refractivity contribution in [2.24, 2.45) is 0 Å². The van der Waals surface area contributed by atoms with E-state index in [2.05, 4.69) is 32.0 Å². The summed E-state index contributed by atoms with van der Waals surface area (Å²) in [5.74, 6) is 1.33. The minimum Gasteiger partial charge on any atom is -0.478 e. The molecule has 0 saturated carbocycles. The second-order valence-corrected chi connectivity index (χ2v) is 5.58. The molecule has 0 spiro atoms. The van der Waals surface area contributed by atoms with E-state index < -0.39 is 5.97 Å². The van der Waals surface area contributed by atoms with E-state index in [0.717, 1.165) is 5.75 Å². The molecule has 2 aromatic rings. The highest BCUT2D eigenvalue weighted by molar-refractivity contribution is 7.97. The molecule has 0 atom stereocenters.